The molecule has 2 atom stereocenters. The number of aliphatic hydroxyl groups is 1. The van der Waals surface area contributed by atoms with Crippen molar-refractivity contribution in [2.75, 3.05) is 0 Å². The van der Waals surface area contributed by atoms with E-state index in [-0.39, 0.29) is 0 Å². The molecule has 1 saturated carbocycles. The molecule has 0 radical (unpaired) electrons. The Balaban J connectivity index is 1.98. The molecule has 1 N–H and O–H groups in total. The lowest BCUT2D eigenvalue weighted by Crippen LogP contribution is -2.24. The van der Waals surface area contributed by atoms with Gasteiger partial charge in [-0.2, -0.15) is 0 Å². The maximum Gasteiger partial charge on any atom is 0.0896 e. The Morgan fingerprint density at radius 2 is 2.00 bits per heavy atom. The second kappa shape index (κ2) is 5.17. The summed E-state index contributed by atoms with van der Waals surface area (Å²) in [6.07, 6.45) is 5.21. The summed E-state index contributed by atoms with van der Waals surface area (Å²) < 4.78 is 0. The van der Waals surface area contributed by atoms with E-state index < -0.39 is 5.60 Å². The van der Waals surface area contributed by atoms with Crippen LogP contribution < -0.4 is 0 Å². The van der Waals surface area contributed by atoms with E-state index in [1.165, 1.54) is 6.42 Å². The predicted molar refractivity (Wildman–Crippen MR) is 82.6 cm³/mol. The predicted octanol–water partition coefficient (Wildman–Crippen LogP) is 4.33. The van der Waals surface area contributed by atoms with Crippen LogP contribution in [-0.2, 0) is 5.60 Å². The topological polar surface area (TPSA) is 33.1 Å². The lowest BCUT2D eigenvalue weighted by atomic mass is 9.85. The monoisotopic (exact) mass is 269 g/mol. The second-order valence-corrected chi connectivity index (χ2v) is 6.43. The van der Waals surface area contributed by atoms with Crippen LogP contribution in [0.3, 0.4) is 0 Å². The van der Waals surface area contributed by atoms with Crippen LogP contribution in [0.5, 0.6) is 0 Å². The van der Waals surface area contributed by atoms with Gasteiger partial charge in [0.1, 0.15) is 0 Å². The Hall–Kier alpha value is -1.41. The molecular formula is C18H23NO. The Labute approximate surface area is 120 Å². The van der Waals surface area contributed by atoms with E-state index in [1.807, 2.05) is 19.1 Å². The van der Waals surface area contributed by atoms with E-state index in [0.717, 1.165) is 53.8 Å². The van der Waals surface area contributed by atoms with Gasteiger partial charge in [0.15, 0.2) is 0 Å². The van der Waals surface area contributed by atoms with Gasteiger partial charge in [0.2, 0.25) is 0 Å². The van der Waals surface area contributed by atoms with E-state index in [2.05, 4.69) is 30.1 Å². The number of rotatable bonds is 1. The first-order valence-corrected chi connectivity index (χ1v) is 7.67. The van der Waals surface area contributed by atoms with Crippen molar-refractivity contribution in [1.82, 2.24) is 4.98 Å². The first-order chi connectivity index (χ1) is 9.57. The van der Waals surface area contributed by atoms with Crippen molar-refractivity contribution in [3.63, 3.8) is 0 Å². The van der Waals surface area contributed by atoms with Crippen LogP contribution in [0.2, 0.25) is 0 Å². The summed E-state index contributed by atoms with van der Waals surface area (Å²) in [5.41, 5.74) is 2.46. The van der Waals surface area contributed by atoms with Gasteiger partial charge in [0.25, 0.3) is 0 Å². The Morgan fingerprint density at radius 3 is 2.85 bits per heavy atom. The highest BCUT2D eigenvalue weighted by Crippen LogP contribution is 2.38. The molecule has 20 heavy (non-hydrogen) atoms. The Morgan fingerprint density at radius 1 is 1.15 bits per heavy atom. The Bertz CT molecular complexity index is 622. The standard InChI is InChI=1S/C18H23NO/c1-13-4-3-10-18(20,11-9-13)16-7-8-17-15(12-16)6-5-14(2)19-17/h5-8,12-13,20H,3-4,9-11H2,1-2H3. The number of pyridine rings is 1. The molecule has 1 aromatic carbocycles. The highest BCUT2D eigenvalue weighted by Gasteiger charge is 2.31. The van der Waals surface area contributed by atoms with Crippen molar-refractivity contribution in [2.24, 2.45) is 5.92 Å². The number of hydrogen-bond donors (Lipinski definition) is 1. The maximum atomic E-state index is 11.0. The zero-order chi connectivity index (χ0) is 14.2. The summed E-state index contributed by atoms with van der Waals surface area (Å²) in [5, 5.41) is 12.2. The third-order valence-corrected chi connectivity index (χ3v) is 4.70. The van der Waals surface area contributed by atoms with Gasteiger partial charge < -0.3 is 5.11 Å². The zero-order valence-electron chi connectivity index (χ0n) is 12.4. The maximum absolute atomic E-state index is 11.0. The third kappa shape index (κ3) is 2.57. The van der Waals surface area contributed by atoms with Crippen LogP contribution in [-0.4, -0.2) is 10.1 Å². The molecule has 2 nitrogen and oxygen atoms in total. The van der Waals surface area contributed by atoms with E-state index in [1.54, 1.807) is 0 Å². The van der Waals surface area contributed by atoms with Crippen LogP contribution in [0.1, 0.15) is 50.3 Å². The average Bonchev–Trinajstić information content (AvgIpc) is 2.61. The van der Waals surface area contributed by atoms with Crippen molar-refractivity contribution in [3.05, 3.63) is 41.6 Å². The van der Waals surface area contributed by atoms with Crippen molar-refractivity contribution < 1.29 is 5.11 Å². The molecule has 0 aliphatic heterocycles. The fourth-order valence-electron chi connectivity index (χ4n) is 3.30. The average molecular weight is 269 g/mol. The molecule has 1 aliphatic carbocycles. The molecule has 1 fully saturated rings. The van der Waals surface area contributed by atoms with Gasteiger partial charge in [-0.25, -0.2) is 0 Å². The number of nitrogens with zero attached hydrogens (tertiary/aromatic N) is 1. The van der Waals surface area contributed by atoms with Gasteiger partial charge in [0, 0.05) is 11.1 Å². The van der Waals surface area contributed by atoms with E-state index >= 15 is 0 Å². The number of aryl methyl sites for hydroxylation is 1. The summed E-state index contributed by atoms with van der Waals surface area (Å²) in [6, 6.07) is 10.4. The lowest BCUT2D eigenvalue weighted by Gasteiger charge is -2.27. The highest BCUT2D eigenvalue weighted by molar-refractivity contribution is 5.79. The van der Waals surface area contributed by atoms with Crippen molar-refractivity contribution in [2.45, 2.75) is 51.6 Å². The molecule has 0 amide bonds. The minimum atomic E-state index is -0.649. The van der Waals surface area contributed by atoms with Crippen LogP contribution >= 0.6 is 0 Å². The molecule has 0 saturated heterocycles. The van der Waals surface area contributed by atoms with Crippen molar-refractivity contribution in [1.29, 1.82) is 0 Å². The van der Waals surface area contributed by atoms with E-state index in [9.17, 15) is 5.11 Å². The van der Waals surface area contributed by atoms with E-state index in [0.29, 0.717) is 0 Å². The molecule has 2 heteroatoms. The Kier molecular flexibility index (Phi) is 3.51. The fourth-order valence-corrected chi connectivity index (χ4v) is 3.30. The van der Waals surface area contributed by atoms with Gasteiger partial charge in [-0.05, 0) is 62.3 Å². The summed E-state index contributed by atoms with van der Waals surface area (Å²) in [4.78, 5) is 4.53. The van der Waals surface area contributed by atoms with Crippen LogP contribution in [0.25, 0.3) is 10.9 Å². The molecule has 1 aromatic heterocycles. The number of fused-ring (bicyclic) bond motifs is 1. The van der Waals surface area contributed by atoms with Gasteiger partial charge in [0.05, 0.1) is 11.1 Å². The molecule has 0 spiro atoms. The van der Waals surface area contributed by atoms with Gasteiger partial charge in [-0.3, -0.25) is 4.98 Å². The molecular weight excluding hydrogens is 246 g/mol. The van der Waals surface area contributed by atoms with Crippen molar-refractivity contribution in [3.8, 4) is 0 Å². The van der Waals surface area contributed by atoms with Gasteiger partial charge in [-0.1, -0.05) is 25.5 Å². The molecule has 1 heterocycles. The molecule has 106 valence electrons. The summed E-state index contributed by atoms with van der Waals surface area (Å²) in [6.45, 7) is 4.30. The van der Waals surface area contributed by atoms with Gasteiger partial charge >= 0.3 is 0 Å². The summed E-state index contributed by atoms with van der Waals surface area (Å²) >= 11 is 0. The summed E-state index contributed by atoms with van der Waals surface area (Å²) in [5.74, 6) is 0.730. The highest BCUT2D eigenvalue weighted by atomic mass is 16.3. The molecule has 2 aromatic rings. The molecule has 3 rings (SSSR count). The minimum absolute atomic E-state index is 0.649. The van der Waals surface area contributed by atoms with Crippen molar-refractivity contribution >= 4 is 10.9 Å². The van der Waals surface area contributed by atoms with E-state index in [4.69, 9.17) is 0 Å². The normalized spacial score (nSPS) is 27.4. The molecule has 2 unspecified atom stereocenters. The SMILES string of the molecule is Cc1ccc2cc(C3(O)CCCC(C)CC3)ccc2n1. The molecule has 0 bridgehead atoms. The third-order valence-electron chi connectivity index (χ3n) is 4.70. The number of aromatic nitrogens is 1. The zero-order valence-corrected chi connectivity index (χ0v) is 12.4. The summed E-state index contributed by atoms with van der Waals surface area (Å²) in [7, 11) is 0. The largest absolute Gasteiger partial charge is 0.385 e. The smallest absolute Gasteiger partial charge is 0.0896 e. The first-order valence-electron chi connectivity index (χ1n) is 7.67. The minimum Gasteiger partial charge on any atom is -0.385 e. The fraction of sp³-hybridized carbons (Fsp3) is 0.500. The van der Waals surface area contributed by atoms with Crippen LogP contribution in [0.15, 0.2) is 30.3 Å². The van der Waals surface area contributed by atoms with Crippen LogP contribution in [0.4, 0.5) is 0 Å². The van der Waals surface area contributed by atoms with Crippen LogP contribution in [0, 0.1) is 12.8 Å². The second-order valence-electron chi connectivity index (χ2n) is 6.43. The number of hydrogen-bond acceptors (Lipinski definition) is 2. The lowest BCUT2D eigenvalue weighted by molar-refractivity contribution is 0.0199. The quantitative estimate of drug-likeness (QED) is 0.782. The number of benzene rings is 1. The van der Waals surface area contributed by atoms with Gasteiger partial charge in [-0.15, -0.1) is 0 Å². The first kappa shape index (κ1) is 13.6. The molecule has 1 aliphatic rings.